The molecule has 1 atom stereocenters. The van der Waals surface area contributed by atoms with Crippen molar-refractivity contribution in [2.45, 2.75) is 32.4 Å². The summed E-state index contributed by atoms with van der Waals surface area (Å²) in [6.07, 6.45) is 4.77. The zero-order valence-electron chi connectivity index (χ0n) is 12.6. The van der Waals surface area contributed by atoms with Crippen LogP contribution in [-0.4, -0.2) is 18.1 Å². The Kier molecular flexibility index (Phi) is 5.76. The Morgan fingerprint density at radius 1 is 1.24 bits per heavy atom. The maximum absolute atomic E-state index is 5.77. The van der Waals surface area contributed by atoms with Crippen molar-refractivity contribution < 1.29 is 4.74 Å². The van der Waals surface area contributed by atoms with Crippen LogP contribution in [0.5, 0.6) is 5.75 Å². The maximum atomic E-state index is 5.77. The second-order valence-corrected chi connectivity index (χ2v) is 6.21. The molecule has 1 heterocycles. The SMILES string of the molecule is CNC(Cc1cncc(Br)c1)c1cccc(OC(C)C)c1. The number of aromatic nitrogens is 1. The van der Waals surface area contributed by atoms with Crippen LogP contribution in [0.4, 0.5) is 0 Å². The Morgan fingerprint density at radius 2 is 2.05 bits per heavy atom. The van der Waals surface area contributed by atoms with Crippen molar-refractivity contribution in [1.29, 1.82) is 0 Å². The number of likely N-dealkylation sites (N-methyl/N-ethyl adjacent to an activating group) is 1. The van der Waals surface area contributed by atoms with Gasteiger partial charge in [0.15, 0.2) is 0 Å². The normalized spacial score (nSPS) is 12.4. The molecule has 0 fully saturated rings. The van der Waals surface area contributed by atoms with Crippen LogP contribution in [0, 0.1) is 0 Å². The lowest BCUT2D eigenvalue weighted by molar-refractivity contribution is 0.242. The minimum absolute atomic E-state index is 0.183. The molecule has 1 unspecified atom stereocenters. The summed E-state index contributed by atoms with van der Waals surface area (Å²) in [5, 5.41) is 3.37. The van der Waals surface area contributed by atoms with Gasteiger partial charge in [0.25, 0.3) is 0 Å². The highest BCUT2D eigenvalue weighted by atomic mass is 79.9. The summed E-state index contributed by atoms with van der Waals surface area (Å²) < 4.78 is 6.78. The van der Waals surface area contributed by atoms with E-state index in [0.717, 1.165) is 16.6 Å². The molecular formula is C17H21BrN2O. The van der Waals surface area contributed by atoms with E-state index >= 15 is 0 Å². The van der Waals surface area contributed by atoms with Gasteiger partial charge in [-0.2, -0.15) is 0 Å². The third-order valence-electron chi connectivity index (χ3n) is 3.18. The molecule has 0 spiro atoms. The molecule has 0 radical (unpaired) electrons. The van der Waals surface area contributed by atoms with Gasteiger partial charge in [-0.05, 0) is 72.6 Å². The summed E-state index contributed by atoms with van der Waals surface area (Å²) in [6, 6.07) is 10.6. The third kappa shape index (κ3) is 4.83. The quantitative estimate of drug-likeness (QED) is 0.851. The minimum Gasteiger partial charge on any atom is -0.491 e. The predicted octanol–water partition coefficient (Wildman–Crippen LogP) is 4.13. The summed E-state index contributed by atoms with van der Waals surface area (Å²) in [7, 11) is 1.98. The molecule has 1 aromatic heterocycles. The molecule has 4 heteroatoms. The summed E-state index contributed by atoms with van der Waals surface area (Å²) in [5.41, 5.74) is 2.41. The molecule has 0 aliphatic carbocycles. The monoisotopic (exact) mass is 348 g/mol. The molecule has 112 valence electrons. The topological polar surface area (TPSA) is 34.2 Å². The lowest BCUT2D eigenvalue weighted by atomic mass is 10.00. The molecule has 0 amide bonds. The van der Waals surface area contributed by atoms with E-state index in [1.165, 1.54) is 11.1 Å². The standard InChI is InChI=1S/C17H21BrN2O/c1-12(2)21-16-6-4-5-14(9-16)17(19-3)8-13-7-15(18)11-20-10-13/h4-7,9-12,17,19H,8H2,1-3H3. The molecule has 21 heavy (non-hydrogen) atoms. The molecule has 2 rings (SSSR count). The van der Waals surface area contributed by atoms with Crippen molar-refractivity contribution in [2.75, 3.05) is 7.05 Å². The Balaban J connectivity index is 2.17. The number of hydrogen-bond acceptors (Lipinski definition) is 3. The van der Waals surface area contributed by atoms with E-state index in [2.05, 4.69) is 44.4 Å². The number of halogens is 1. The average Bonchev–Trinajstić information content (AvgIpc) is 2.44. The number of rotatable bonds is 6. The van der Waals surface area contributed by atoms with E-state index < -0.39 is 0 Å². The fourth-order valence-corrected chi connectivity index (χ4v) is 2.68. The van der Waals surface area contributed by atoms with Crippen LogP contribution in [0.15, 0.2) is 47.2 Å². The third-order valence-corrected chi connectivity index (χ3v) is 3.62. The van der Waals surface area contributed by atoms with Gasteiger partial charge in [0.05, 0.1) is 6.10 Å². The number of hydrogen-bond donors (Lipinski definition) is 1. The number of pyridine rings is 1. The molecule has 1 N–H and O–H groups in total. The van der Waals surface area contributed by atoms with Crippen molar-refractivity contribution >= 4 is 15.9 Å². The molecule has 0 saturated carbocycles. The van der Waals surface area contributed by atoms with Crippen molar-refractivity contribution in [3.8, 4) is 5.75 Å². The van der Waals surface area contributed by atoms with E-state index in [1.54, 1.807) is 6.20 Å². The van der Waals surface area contributed by atoms with E-state index in [1.807, 2.05) is 39.2 Å². The molecular weight excluding hydrogens is 328 g/mol. The van der Waals surface area contributed by atoms with Crippen LogP contribution in [-0.2, 0) is 6.42 Å². The smallest absolute Gasteiger partial charge is 0.120 e. The summed E-state index contributed by atoms with van der Waals surface area (Å²) >= 11 is 3.47. The van der Waals surface area contributed by atoms with Crippen molar-refractivity contribution in [1.82, 2.24) is 10.3 Å². The van der Waals surface area contributed by atoms with Crippen LogP contribution < -0.4 is 10.1 Å². The molecule has 0 bridgehead atoms. The second-order valence-electron chi connectivity index (χ2n) is 5.30. The van der Waals surface area contributed by atoms with Gasteiger partial charge in [-0.3, -0.25) is 4.98 Å². The Labute approximate surface area is 134 Å². The Bertz CT molecular complexity index is 587. The van der Waals surface area contributed by atoms with E-state index in [0.29, 0.717) is 0 Å². The summed E-state index contributed by atoms with van der Waals surface area (Å²) in [6.45, 7) is 4.07. The first-order valence-electron chi connectivity index (χ1n) is 7.12. The number of nitrogens with one attached hydrogen (secondary N) is 1. The van der Waals surface area contributed by atoms with Gasteiger partial charge in [0, 0.05) is 22.9 Å². The second kappa shape index (κ2) is 7.57. The molecule has 0 aliphatic rings. The molecule has 0 aliphatic heterocycles. The number of nitrogens with zero attached hydrogens (tertiary/aromatic N) is 1. The van der Waals surface area contributed by atoms with Crippen LogP contribution in [0.3, 0.4) is 0 Å². The summed E-state index contributed by atoms with van der Waals surface area (Å²) in [5.74, 6) is 0.912. The van der Waals surface area contributed by atoms with Crippen molar-refractivity contribution in [3.05, 3.63) is 58.3 Å². The average molecular weight is 349 g/mol. The minimum atomic E-state index is 0.183. The van der Waals surface area contributed by atoms with Crippen molar-refractivity contribution in [2.24, 2.45) is 0 Å². The number of benzene rings is 1. The first kappa shape index (κ1) is 16.0. The zero-order chi connectivity index (χ0) is 15.2. The predicted molar refractivity (Wildman–Crippen MR) is 89.6 cm³/mol. The fraction of sp³-hybridized carbons (Fsp3) is 0.353. The van der Waals surface area contributed by atoms with Crippen molar-refractivity contribution in [3.63, 3.8) is 0 Å². The highest BCUT2D eigenvalue weighted by Crippen LogP contribution is 2.23. The lowest BCUT2D eigenvalue weighted by Gasteiger charge is -2.18. The van der Waals surface area contributed by atoms with Gasteiger partial charge in [0.1, 0.15) is 5.75 Å². The maximum Gasteiger partial charge on any atom is 0.120 e. The van der Waals surface area contributed by atoms with Crippen LogP contribution in [0.25, 0.3) is 0 Å². The van der Waals surface area contributed by atoms with E-state index in [9.17, 15) is 0 Å². The largest absolute Gasteiger partial charge is 0.491 e. The molecule has 3 nitrogen and oxygen atoms in total. The van der Waals surface area contributed by atoms with Gasteiger partial charge in [-0.15, -0.1) is 0 Å². The van der Waals surface area contributed by atoms with Gasteiger partial charge in [-0.1, -0.05) is 12.1 Å². The number of ether oxygens (including phenoxy) is 1. The first-order valence-corrected chi connectivity index (χ1v) is 7.91. The highest BCUT2D eigenvalue weighted by molar-refractivity contribution is 9.10. The van der Waals surface area contributed by atoms with Crippen LogP contribution >= 0.6 is 15.9 Å². The van der Waals surface area contributed by atoms with Gasteiger partial charge in [-0.25, -0.2) is 0 Å². The first-order chi connectivity index (χ1) is 10.1. The Hall–Kier alpha value is -1.39. The molecule has 0 saturated heterocycles. The zero-order valence-corrected chi connectivity index (χ0v) is 14.2. The fourth-order valence-electron chi connectivity index (χ4n) is 2.27. The molecule has 1 aromatic carbocycles. The highest BCUT2D eigenvalue weighted by Gasteiger charge is 2.12. The Morgan fingerprint density at radius 3 is 2.71 bits per heavy atom. The summed E-state index contributed by atoms with van der Waals surface area (Å²) in [4.78, 5) is 4.22. The van der Waals surface area contributed by atoms with E-state index in [-0.39, 0.29) is 12.1 Å². The lowest BCUT2D eigenvalue weighted by Crippen LogP contribution is -2.19. The molecule has 2 aromatic rings. The van der Waals surface area contributed by atoms with Gasteiger partial charge in [0.2, 0.25) is 0 Å². The van der Waals surface area contributed by atoms with Gasteiger partial charge >= 0.3 is 0 Å². The van der Waals surface area contributed by atoms with Gasteiger partial charge < -0.3 is 10.1 Å². The van der Waals surface area contributed by atoms with Crippen LogP contribution in [0.1, 0.15) is 31.0 Å². The van der Waals surface area contributed by atoms with E-state index in [4.69, 9.17) is 4.74 Å². The van der Waals surface area contributed by atoms with Crippen LogP contribution in [0.2, 0.25) is 0 Å².